The van der Waals surface area contributed by atoms with E-state index >= 15 is 0 Å². The Balaban J connectivity index is 2.98. The van der Waals surface area contributed by atoms with Crippen molar-refractivity contribution in [2.24, 2.45) is 0 Å². The van der Waals surface area contributed by atoms with Crippen molar-refractivity contribution in [3.63, 3.8) is 0 Å². The second kappa shape index (κ2) is 6.76. The monoisotopic (exact) mass is 273 g/mol. The van der Waals surface area contributed by atoms with E-state index in [-0.39, 0.29) is 17.0 Å². The molecule has 0 fully saturated rings. The van der Waals surface area contributed by atoms with Crippen molar-refractivity contribution in [3.05, 3.63) is 33.4 Å². The maximum atomic E-state index is 10.7. The molecule has 20 heavy (non-hydrogen) atoms. The van der Waals surface area contributed by atoms with Crippen LogP contribution in [0.4, 0.5) is 5.69 Å². The van der Waals surface area contributed by atoms with E-state index in [9.17, 15) is 20.0 Å². The molecule has 1 amide bonds. The van der Waals surface area contributed by atoms with Gasteiger partial charge in [-0.3, -0.25) is 14.9 Å². The standard InChI is InChI=1S/C13H11N3O4/c1-9(17)15-5-3-2-4-11-6-10(8-14)7-12(13(11)18)16(19)20/h6-7,18H,3,5H2,1H3,(H,15,17). The van der Waals surface area contributed by atoms with Gasteiger partial charge in [0.05, 0.1) is 22.1 Å². The van der Waals surface area contributed by atoms with Gasteiger partial charge in [-0.2, -0.15) is 5.26 Å². The molecule has 0 radical (unpaired) electrons. The van der Waals surface area contributed by atoms with Crippen molar-refractivity contribution in [3.8, 4) is 23.7 Å². The smallest absolute Gasteiger partial charge is 0.313 e. The van der Waals surface area contributed by atoms with Crippen LogP contribution in [0.2, 0.25) is 0 Å². The fraction of sp³-hybridized carbons (Fsp3) is 0.231. The minimum atomic E-state index is -0.779. The summed E-state index contributed by atoms with van der Waals surface area (Å²) >= 11 is 0. The molecule has 0 saturated carbocycles. The van der Waals surface area contributed by atoms with Crippen molar-refractivity contribution in [2.45, 2.75) is 13.3 Å². The zero-order valence-corrected chi connectivity index (χ0v) is 10.6. The summed E-state index contributed by atoms with van der Waals surface area (Å²) < 4.78 is 0. The Morgan fingerprint density at radius 1 is 1.55 bits per heavy atom. The SMILES string of the molecule is CC(=O)NCCC#Cc1cc(C#N)cc([N+](=O)[O-])c1O. The van der Waals surface area contributed by atoms with E-state index in [0.29, 0.717) is 13.0 Å². The average molecular weight is 273 g/mol. The number of amides is 1. The van der Waals surface area contributed by atoms with Gasteiger partial charge in [0.25, 0.3) is 0 Å². The first-order chi connectivity index (χ1) is 9.45. The molecule has 1 aromatic carbocycles. The highest BCUT2D eigenvalue weighted by Gasteiger charge is 2.18. The van der Waals surface area contributed by atoms with Crippen LogP contribution in [0, 0.1) is 33.3 Å². The van der Waals surface area contributed by atoms with Gasteiger partial charge < -0.3 is 10.4 Å². The summed E-state index contributed by atoms with van der Waals surface area (Å²) in [6.07, 6.45) is 0.323. The van der Waals surface area contributed by atoms with Crippen LogP contribution >= 0.6 is 0 Å². The topological polar surface area (TPSA) is 116 Å². The van der Waals surface area contributed by atoms with Gasteiger partial charge in [0, 0.05) is 26.0 Å². The van der Waals surface area contributed by atoms with Gasteiger partial charge in [0.15, 0.2) is 0 Å². The maximum absolute atomic E-state index is 10.7. The predicted molar refractivity (Wildman–Crippen MR) is 69.7 cm³/mol. The number of phenols is 1. The Labute approximate surface area is 115 Å². The first-order valence-corrected chi connectivity index (χ1v) is 5.60. The van der Waals surface area contributed by atoms with Crippen LogP contribution in [0.25, 0.3) is 0 Å². The molecule has 0 aliphatic rings. The fourth-order valence-electron chi connectivity index (χ4n) is 1.38. The van der Waals surface area contributed by atoms with Gasteiger partial charge in [-0.25, -0.2) is 0 Å². The Bertz CT molecular complexity index is 650. The molecule has 0 atom stereocenters. The lowest BCUT2D eigenvalue weighted by Crippen LogP contribution is -2.20. The molecule has 102 valence electrons. The van der Waals surface area contributed by atoms with Crippen LogP contribution < -0.4 is 5.32 Å². The highest BCUT2D eigenvalue weighted by Crippen LogP contribution is 2.30. The van der Waals surface area contributed by atoms with Crippen LogP contribution in [0.15, 0.2) is 12.1 Å². The van der Waals surface area contributed by atoms with Crippen molar-refractivity contribution in [1.29, 1.82) is 5.26 Å². The zero-order chi connectivity index (χ0) is 15.1. The lowest BCUT2D eigenvalue weighted by molar-refractivity contribution is -0.385. The second-order valence-electron chi connectivity index (χ2n) is 3.80. The van der Waals surface area contributed by atoms with Crippen LogP contribution in [0.5, 0.6) is 5.75 Å². The van der Waals surface area contributed by atoms with Crippen molar-refractivity contribution < 1.29 is 14.8 Å². The quantitative estimate of drug-likeness (QED) is 0.369. The van der Waals surface area contributed by atoms with Crippen LogP contribution in [-0.2, 0) is 4.79 Å². The Hall–Kier alpha value is -3.06. The third-order valence-electron chi connectivity index (χ3n) is 2.26. The van der Waals surface area contributed by atoms with Crippen LogP contribution in [-0.4, -0.2) is 22.5 Å². The molecule has 0 aliphatic carbocycles. The number of nitro benzene ring substituents is 1. The number of rotatable bonds is 3. The summed E-state index contributed by atoms with van der Waals surface area (Å²) in [6, 6.07) is 4.02. The van der Waals surface area contributed by atoms with E-state index in [0.717, 1.165) is 6.07 Å². The summed E-state index contributed by atoms with van der Waals surface area (Å²) in [5, 5.41) is 31.7. The summed E-state index contributed by atoms with van der Waals surface area (Å²) in [5.74, 6) is 4.46. The number of nitrogens with one attached hydrogen (secondary N) is 1. The highest BCUT2D eigenvalue weighted by atomic mass is 16.6. The number of carbonyl (C=O) groups excluding carboxylic acids is 1. The molecule has 2 N–H and O–H groups in total. The molecule has 7 nitrogen and oxygen atoms in total. The number of phenolic OH excluding ortho intramolecular Hbond substituents is 1. The summed E-state index contributed by atoms with van der Waals surface area (Å²) in [4.78, 5) is 20.6. The normalized spacial score (nSPS) is 9.00. The van der Waals surface area contributed by atoms with Gasteiger partial charge >= 0.3 is 5.69 Å². The molecule has 0 unspecified atom stereocenters. The van der Waals surface area contributed by atoms with Gasteiger partial charge in [0.1, 0.15) is 0 Å². The van der Waals surface area contributed by atoms with E-state index in [1.807, 2.05) is 0 Å². The molecule has 0 saturated heterocycles. The molecule has 0 heterocycles. The first-order valence-electron chi connectivity index (χ1n) is 5.60. The Morgan fingerprint density at radius 3 is 2.80 bits per heavy atom. The lowest BCUT2D eigenvalue weighted by atomic mass is 10.1. The number of nitriles is 1. The molecule has 0 bridgehead atoms. The van der Waals surface area contributed by atoms with Crippen molar-refractivity contribution in [2.75, 3.05) is 6.54 Å². The third-order valence-corrected chi connectivity index (χ3v) is 2.26. The van der Waals surface area contributed by atoms with Gasteiger partial charge in [0.2, 0.25) is 11.7 Å². The zero-order valence-electron chi connectivity index (χ0n) is 10.6. The van der Waals surface area contributed by atoms with Crippen LogP contribution in [0.3, 0.4) is 0 Å². The van der Waals surface area contributed by atoms with Crippen LogP contribution in [0.1, 0.15) is 24.5 Å². The van der Waals surface area contributed by atoms with Crippen molar-refractivity contribution in [1.82, 2.24) is 5.32 Å². The van der Waals surface area contributed by atoms with E-state index in [1.54, 1.807) is 6.07 Å². The van der Waals surface area contributed by atoms with E-state index in [4.69, 9.17) is 5.26 Å². The van der Waals surface area contributed by atoms with E-state index < -0.39 is 16.4 Å². The summed E-state index contributed by atoms with van der Waals surface area (Å²) in [6.45, 7) is 1.71. The number of nitro groups is 1. The molecule has 0 spiro atoms. The number of hydrogen-bond acceptors (Lipinski definition) is 5. The second-order valence-corrected chi connectivity index (χ2v) is 3.80. The van der Waals surface area contributed by atoms with E-state index in [2.05, 4.69) is 17.2 Å². The summed E-state index contributed by atoms with van der Waals surface area (Å²) in [7, 11) is 0. The molecule has 1 aromatic rings. The predicted octanol–water partition coefficient (Wildman–Crippen LogP) is 1.05. The average Bonchev–Trinajstić information content (AvgIpc) is 2.39. The van der Waals surface area contributed by atoms with Gasteiger partial charge in [-0.1, -0.05) is 11.8 Å². The third kappa shape index (κ3) is 4.00. The largest absolute Gasteiger partial charge is 0.501 e. The number of aromatic hydroxyl groups is 1. The molecule has 0 aromatic heterocycles. The van der Waals surface area contributed by atoms with Gasteiger partial charge in [-0.05, 0) is 6.07 Å². The first kappa shape index (κ1) is 15.0. The Kier molecular flexibility index (Phi) is 5.07. The van der Waals surface area contributed by atoms with E-state index in [1.165, 1.54) is 13.0 Å². The lowest BCUT2D eigenvalue weighted by Gasteiger charge is -2.00. The molecular weight excluding hydrogens is 262 g/mol. The number of carbonyl (C=O) groups is 1. The molecule has 7 heteroatoms. The number of benzene rings is 1. The number of hydrogen-bond donors (Lipinski definition) is 2. The minimum absolute atomic E-state index is 0.0126. The van der Waals surface area contributed by atoms with Crippen molar-refractivity contribution >= 4 is 11.6 Å². The Morgan fingerprint density at radius 2 is 2.25 bits per heavy atom. The minimum Gasteiger partial charge on any atom is -0.501 e. The molecule has 0 aliphatic heterocycles. The maximum Gasteiger partial charge on any atom is 0.313 e. The highest BCUT2D eigenvalue weighted by molar-refractivity contribution is 5.72. The molecular formula is C13H11N3O4. The fourth-order valence-corrected chi connectivity index (χ4v) is 1.38. The van der Waals surface area contributed by atoms with Gasteiger partial charge in [-0.15, -0.1) is 0 Å². The summed E-state index contributed by atoms with van der Waals surface area (Å²) in [5.41, 5.74) is -0.505. The molecule has 1 rings (SSSR count). The number of nitrogens with zero attached hydrogens (tertiary/aromatic N) is 2.